The van der Waals surface area contributed by atoms with Gasteiger partial charge in [-0.3, -0.25) is 0 Å². The molecule has 0 saturated heterocycles. The van der Waals surface area contributed by atoms with Crippen LogP contribution in [0.4, 0.5) is 0 Å². The summed E-state index contributed by atoms with van der Waals surface area (Å²) in [4.78, 5) is 4.29. The zero-order valence-electron chi connectivity index (χ0n) is 8.48. The van der Waals surface area contributed by atoms with Crippen LogP contribution in [0.15, 0.2) is 36.7 Å². The molecule has 0 bridgehead atoms. The van der Waals surface area contributed by atoms with Gasteiger partial charge in [0.2, 0.25) is 0 Å². The summed E-state index contributed by atoms with van der Waals surface area (Å²) < 4.78 is 2.15. The normalized spacial score (nSPS) is 16.7. The van der Waals surface area contributed by atoms with Crippen molar-refractivity contribution in [2.75, 3.05) is 13.1 Å². The molecule has 0 amide bonds. The highest BCUT2D eigenvalue weighted by Gasteiger charge is 2.08. The standard InChI is InChI=1S/C12H13N3/c1-2-11(10-4-6-13-7-5-10)15-9-8-14-12(15)3-1/h1-4,8-9,13H,5-7H2. The van der Waals surface area contributed by atoms with E-state index >= 15 is 0 Å². The van der Waals surface area contributed by atoms with Crippen LogP contribution in [0.25, 0.3) is 11.2 Å². The maximum Gasteiger partial charge on any atom is 0.137 e. The monoisotopic (exact) mass is 199 g/mol. The summed E-state index contributed by atoms with van der Waals surface area (Å²) in [6.45, 7) is 2.04. The second kappa shape index (κ2) is 3.51. The van der Waals surface area contributed by atoms with Crippen LogP contribution in [-0.4, -0.2) is 22.5 Å². The number of hydrogen-bond acceptors (Lipinski definition) is 2. The number of pyridine rings is 1. The summed E-state index contributed by atoms with van der Waals surface area (Å²) in [5.41, 5.74) is 3.70. The Kier molecular flexibility index (Phi) is 2.03. The van der Waals surface area contributed by atoms with Crippen molar-refractivity contribution in [3.63, 3.8) is 0 Å². The van der Waals surface area contributed by atoms with Crippen LogP contribution in [0.5, 0.6) is 0 Å². The quantitative estimate of drug-likeness (QED) is 0.757. The number of nitrogens with zero attached hydrogens (tertiary/aromatic N) is 2. The number of hydrogen-bond donors (Lipinski definition) is 1. The average molecular weight is 199 g/mol. The highest BCUT2D eigenvalue weighted by Crippen LogP contribution is 2.20. The molecule has 1 aliphatic heterocycles. The summed E-state index contributed by atoms with van der Waals surface area (Å²) >= 11 is 0. The maximum absolute atomic E-state index is 4.29. The second-order valence-electron chi connectivity index (χ2n) is 3.75. The SMILES string of the molecule is C1=C(c2cccc3nccn23)CCNC1. The molecule has 3 rings (SSSR count). The number of aromatic nitrogens is 2. The van der Waals surface area contributed by atoms with Gasteiger partial charge < -0.3 is 9.72 Å². The first kappa shape index (κ1) is 8.68. The van der Waals surface area contributed by atoms with Crippen LogP contribution in [-0.2, 0) is 0 Å². The molecule has 0 atom stereocenters. The minimum Gasteiger partial charge on any atom is -0.313 e. The van der Waals surface area contributed by atoms with E-state index in [2.05, 4.69) is 32.9 Å². The fourth-order valence-electron chi connectivity index (χ4n) is 2.06. The fraction of sp³-hybridized carbons (Fsp3) is 0.250. The molecule has 0 aliphatic carbocycles. The van der Waals surface area contributed by atoms with E-state index in [1.807, 2.05) is 18.5 Å². The summed E-state index contributed by atoms with van der Waals surface area (Å²) in [6.07, 6.45) is 7.23. The Balaban J connectivity index is 2.17. The molecule has 3 heteroatoms. The molecule has 2 aromatic heterocycles. The van der Waals surface area contributed by atoms with E-state index in [1.54, 1.807) is 0 Å². The molecule has 2 aromatic rings. The largest absolute Gasteiger partial charge is 0.313 e. The van der Waals surface area contributed by atoms with E-state index in [-0.39, 0.29) is 0 Å². The number of nitrogens with one attached hydrogen (secondary N) is 1. The van der Waals surface area contributed by atoms with Crippen molar-refractivity contribution < 1.29 is 0 Å². The molecule has 15 heavy (non-hydrogen) atoms. The Labute approximate surface area is 88.4 Å². The van der Waals surface area contributed by atoms with Gasteiger partial charge in [0.15, 0.2) is 0 Å². The van der Waals surface area contributed by atoms with Crippen LogP contribution in [0.2, 0.25) is 0 Å². The molecule has 0 unspecified atom stereocenters. The first-order chi connectivity index (χ1) is 7.45. The first-order valence-electron chi connectivity index (χ1n) is 5.27. The third kappa shape index (κ3) is 1.45. The van der Waals surface area contributed by atoms with Crippen LogP contribution >= 0.6 is 0 Å². The molecule has 0 aromatic carbocycles. The molecule has 1 aliphatic rings. The summed E-state index contributed by atoms with van der Waals surface area (Å²) in [6, 6.07) is 6.26. The minimum atomic E-state index is 0.973. The van der Waals surface area contributed by atoms with E-state index in [4.69, 9.17) is 0 Å². The smallest absolute Gasteiger partial charge is 0.137 e. The van der Waals surface area contributed by atoms with Gasteiger partial charge in [-0.2, -0.15) is 0 Å². The predicted octanol–water partition coefficient (Wildman–Crippen LogP) is 1.71. The molecule has 1 N–H and O–H groups in total. The lowest BCUT2D eigenvalue weighted by Crippen LogP contribution is -2.20. The molecule has 0 spiro atoms. The number of fused-ring (bicyclic) bond motifs is 1. The molecule has 0 saturated carbocycles. The Morgan fingerprint density at radius 1 is 1.33 bits per heavy atom. The van der Waals surface area contributed by atoms with Crippen molar-refractivity contribution in [1.82, 2.24) is 14.7 Å². The molecule has 3 nitrogen and oxygen atoms in total. The lowest BCUT2D eigenvalue weighted by Gasteiger charge is -2.15. The third-order valence-corrected chi connectivity index (χ3v) is 2.82. The highest BCUT2D eigenvalue weighted by molar-refractivity contribution is 5.66. The first-order valence-corrected chi connectivity index (χ1v) is 5.27. The van der Waals surface area contributed by atoms with E-state index in [1.165, 1.54) is 11.3 Å². The van der Waals surface area contributed by atoms with Crippen molar-refractivity contribution in [2.24, 2.45) is 0 Å². The molecule has 3 heterocycles. The lowest BCUT2D eigenvalue weighted by molar-refractivity contribution is 0.736. The van der Waals surface area contributed by atoms with Crippen LogP contribution in [0.1, 0.15) is 12.1 Å². The Morgan fingerprint density at radius 2 is 2.33 bits per heavy atom. The van der Waals surface area contributed by atoms with Gasteiger partial charge in [0.1, 0.15) is 5.65 Å². The highest BCUT2D eigenvalue weighted by atomic mass is 15.0. The second-order valence-corrected chi connectivity index (χ2v) is 3.75. The van der Waals surface area contributed by atoms with E-state index in [9.17, 15) is 0 Å². The van der Waals surface area contributed by atoms with E-state index in [0.29, 0.717) is 0 Å². The minimum absolute atomic E-state index is 0.973. The van der Waals surface area contributed by atoms with E-state index in [0.717, 1.165) is 25.2 Å². The van der Waals surface area contributed by atoms with Gasteiger partial charge >= 0.3 is 0 Å². The Hall–Kier alpha value is -1.61. The van der Waals surface area contributed by atoms with Gasteiger partial charge in [-0.1, -0.05) is 12.1 Å². The summed E-state index contributed by atoms with van der Waals surface area (Å²) in [7, 11) is 0. The zero-order valence-corrected chi connectivity index (χ0v) is 8.48. The Morgan fingerprint density at radius 3 is 3.20 bits per heavy atom. The van der Waals surface area contributed by atoms with Crippen LogP contribution in [0.3, 0.4) is 0 Å². The molecule has 0 radical (unpaired) electrons. The molecular formula is C12H13N3. The van der Waals surface area contributed by atoms with Crippen molar-refractivity contribution in [3.8, 4) is 0 Å². The van der Waals surface area contributed by atoms with Crippen LogP contribution in [0, 0.1) is 0 Å². The molecular weight excluding hydrogens is 186 g/mol. The summed E-state index contributed by atoms with van der Waals surface area (Å²) in [5.74, 6) is 0. The van der Waals surface area contributed by atoms with Crippen molar-refractivity contribution >= 4 is 11.2 Å². The molecule has 76 valence electrons. The average Bonchev–Trinajstić information content (AvgIpc) is 2.78. The van der Waals surface area contributed by atoms with Gasteiger partial charge in [0, 0.05) is 18.9 Å². The Bertz CT molecular complexity index is 510. The van der Waals surface area contributed by atoms with Crippen molar-refractivity contribution in [1.29, 1.82) is 0 Å². The fourth-order valence-corrected chi connectivity index (χ4v) is 2.06. The number of imidazole rings is 1. The van der Waals surface area contributed by atoms with Gasteiger partial charge in [0.05, 0.1) is 5.69 Å². The van der Waals surface area contributed by atoms with Crippen molar-refractivity contribution in [2.45, 2.75) is 6.42 Å². The van der Waals surface area contributed by atoms with Gasteiger partial charge in [-0.15, -0.1) is 0 Å². The van der Waals surface area contributed by atoms with Gasteiger partial charge in [0.25, 0.3) is 0 Å². The third-order valence-electron chi connectivity index (χ3n) is 2.82. The van der Waals surface area contributed by atoms with Crippen molar-refractivity contribution in [3.05, 3.63) is 42.4 Å². The van der Waals surface area contributed by atoms with Crippen LogP contribution < -0.4 is 5.32 Å². The maximum atomic E-state index is 4.29. The predicted molar refractivity (Wildman–Crippen MR) is 60.7 cm³/mol. The van der Waals surface area contributed by atoms with Gasteiger partial charge in [-0.05, 0) is 30.7 Å². The summed E-state index contributed by atoms with van der Waals surface area (Å²) in [5, 5.41) is 3.33. The van der Waals surface area contributed by atoms with E-state index < -0.39 is 0 Å². The van der Waals surface area contributed by atoms with Gasteiger partial charge in [-0.25, -0.2) is 4.98 Å². The number of rotatable bonds is 1. The lowest BCUT2D eigenvalue weighted by atomic mass is 10.1. The topological polar surface area (TPSA) is 29.3 Å². The molecule has 0 fully saturated rings. The zero-order chi connectivity index (χ0) is 10.1.